The van der Waals surface area contributed by atoms with Gasteiger partial charge in [-0.25, -0.2) is 0 Å². The average molecular weight is 225 g/mol. The normalized spacial score (nSPS) is 21.6. The number of nitrogens with two attached hydrogens (primary N) is 1. The van der Waals surface area contributed by atoms with E-state index in [1.165, 1.54) is 0 Å². The lowest BCUT2D eigenvalue weighted by Gasteiger charge is -2.15. The van der Waals surface area contributed by atoms with Crippen molar-refractivity contribution in [3.8, 4) is 0 Å². The largest absolute Gasteiger partial charge is 0.378 e. The highest BCUT2D eigenvalue weighted by molar-refractivity contribution is 5.02. The molecule has 0 aliphatic carbocycles. The monoisotopic (exact) mass is 225 g/mol. The van der Waals surface area contributed by atoms with Gasteiger partial charge in [-0.15, -0.1) is 0 Å². The molecule has 1 fully saturated rings. The van der Waals surface area contributed by atoms with Gasteiger partial charge in [-0.3, -0.25) is 0 Å². The van der Waals surface area contributed by atoms with Gasteiger partial charge in [0.05, 0.1) is 11.5 Å². The zero-order valence-corrected chi connectivity index (χ0v) is 9.90. The van der Waals surface area contributed by atoms with E-state index in [0.29, 0.717) is 12.4 Å². The van der Waals surface area contributed by atoms with Crippen molar-refractivity contribution in [2.24, 2.45) is 5.73 Å². The van der Waals surface area contributed by atoms with Crippen LogP contribution in [0.2, 0.25) is 0 Å². The van der Waals surface area contributed by atoms with Gasteiger partial charge in [-0.05, 0) is 26.7 Å². The van der Waals surface area contributed by atoms with Crippen LogP contribution in [-0.4, -0.2) is 29.4 Å². The molecule has 0 amide bonds. The van der Waals surface area contributed by atoms with E-state index in [0.717, 1.165) is 31.7 Å². The Hall–Kier alpha value is -0.940. The molecule has 90 valence electrons. The fourth-order valence-corrected chi connectivity index (χ4v) is 1.71. The van der Waals surface area contributed by atoms with E-state index in [1.807, 2.05) is 13.8 Å². The minimum absolute atomic E-state index is 0.248. The molecule has 2 N–H and O–H groups in total. The molecule has 1 atom stereocenters. The Labute approximate surface area is 95.3 Å². The number of aromatic nitrogens is 2. The van der Waals surface area contributed by atoms with Crippen molar-refractivity contribution in [1.29, 1.82) is 0 Å². The third-order valence-electron chi connectivity index (χ3n) is 2.99. The first-order valence-corrected chi connectivity index (χ1v) is 5.76. The predicted molar refractivity (Wildman–Crippen MR) is 59.1 cm³/mol. The lowest BCUT2D eigenvalue weighted by Crippen LogP contribution is -2.28. The number of hydrogen-bond donors (Lipinski definition) is 1. The van der Waals surface area contributed by atoms with E-state index in [9.17, 15) is 0 Å². The SMILES string of the molecule is CC(C)(CN)c1nc(CC2CCCO2)no1. The van der Waals surface area contributed by atoms with Gasteiger partial charge < -0.3 is 15.0 Å². The van der Waals surface area contributed by atoms with E-state index in [2.05, 4.69) is 10.1 Å². The molecule has 0 radical (unpaired) electrons. The van der Waals surface area contributed by atoms with E-state index in [-0.39, 0.29) is 11.5 Å². The molecular weight excluding hydrogens is 206 g/mol. The van der Waals surface area contributed by atoms with Crippen LogP contribution in [0.4, 0.5) is 0 Å². The lowest BCUT2D eigenvalue weighted by atomic mass is 9.94. The summed E-state index contributed by atoms with van der Waals surface area (Å²) in [5.41, 5.74) is 5.41. The maximum atomic E-state index is 5.66. The van der Waals surface area contributed by atoms with E-state index in [4.69, 9.17) is 15.0 Å². The van der Waals surface area contributed by atoms with Gasteiger partial charge >= 0.3 is 0 Å². The standard InChI is InChI=1S/C11H19N3O2/c1-11(2,7-12)10-13-9(14-16-10)6-8-4-3-5-15-8/h8H,3-7,12H2,1-2H3. The zero-order chi connectivity index (χ0) is 11.6. The minimum atomic E-state index is -0.248. The number of ether oxygens (including phenoxy) is 1. The highest BCUT2D eigenvalue weighted by atomic mass is 16.5. The summed E-state index contributed by atoms with van der Waals surface area (Å²) in [4.78, 5) is 4.38. The molecule has 0 bridgehead atoms. The summed E-state index contributed by atoms with van der Waals surface area (Å²) in [6.45, 7) is 5.34. The molecule has 2 heterocycles. The highest BCUT2D eigenvalue weighted by Gasteiger charge is 2.27. The first-order valence-electron chi connectivity index (χ1n) is 5.76. The molecule has 1 aromatic rings. The molecular formula is C11H19N3O2. The topological polar surface area (TPSA) is 74.2 Å². The second-order valence-corrected chi connectivity index (χ2v) is 4.94. The Kier molecular flexibility index (Phi) is 3.25. The van der Waals surface area contributed by atoms with Crippen LogP contribution in [0, 0.1) is 0 Å². The Balaban J connectivity index is 2.01. The summed E-state index contributed by atoms with van der Waals surface area (Å²) in [5, 5.41) is 3.97. The van der Waals surface area contributed by atoms with Crippen LogP contribution >= 0.6 is 0 Å². The van der Waals surface area contributed by atoms with E-state index in [1.54, 1.807) is 0 Å². The Morgan fingerprint density at radius 1 is 1.50 bits per heavy atom. The van der Waals surface area contributed by atoms with Crippen LogP contribution in [0.15, 0.2) is 4.52 Å². The van der Waals surface area contributed by atoms with Crippen LogP contribution in [0.3, 0.4) is 0 Å². The van der Waals surface area contributed by atoms with Gasteiger partial charge in [0.15, 0.2) is 5.82 Å². The molecule has 5 nitrogen and oxygen atoms in total. The fourth-order valence-electron chi connectivity index (χ4n) is 1.71. The summed E-state index contributed by atoms with van der Waals surface area (Å²) in [6.07, 6.45) is 3.21. The summed E-state index contributed by atoms with van der Waals surface area (Å²) in [7, 11) is 0. The molecule has 0 spiro atoms. The fraction of sp³-hybridized carbons (Fsp3) is 0.818. The molecule has 2 rings (SSSR count). The van der Waals surface area contributed by atoms with Gasteiger partial charge in [0.1, 0.15) is 0 Å². The van der Waals surface area contributed by atoms with Gasteiger partial charge in [-0.2, -0.15) is 4.98 Å². The van der Waals surface area contributed by atoms with Gasteiger partial charge in [0.2, 0.25) is 5.89 Å². The second kappa shape index (κ2) is 4.51. The quantitative estimate of drug-likeness (QED) is 0.828. The molecule has 1 saturated heterocycles. The van der Waals surface area contributed by atoms with Crippen LogP contribution in [0.5, 0.6) is 0 Å². The third kappa shape index (κ3) is 2.41. The third-order valence-corrected chi connectivity index (χ3v) is 2.99. The van der Waals surface area contributed by atoms with Crippen molar-refractivity contribution in [2.75, 3.05) is 13.2 Å². The van der Waals surface area contributed by atoms with E-state index < -0.39 is 0 Å². The number of hydrogen-bond acceptors (Lipinski definition) is 5. The molecule has 16 heavy (non-hydrogen) atoms. The van der Waals surface area contributed by atoms with Crippen molar-refractivity contribution in [2.45, 2.75) is 44.6 Å². The van der Waals surface area contributed by atoms with Crippen molar-refractivity contribution in [3.63, 3.8) is 0 Å². The zero-order valence-electron chi connectivity index (χ0n) is 9.90. The van der Waals surface area contributed by atoms with Gasteiger partial charge in [0, 0.05) is 19.6 Å². The summed E-state index contributed by atoms with van der Waals surface area (Å²) < 4.78 is 10.8. The van der Waals surface area contributed by atoms with Crippen molar-refractivity contribution in [1.82, 2.24) is 10.1 Å². The highest BCUT2D eigenvalue weighted by Crippen LogP contribution is 2.21. The maximum absolute atomic E-state index is 5.66. The summed E-state index contributed by atoms with van der Waals surface area (Å²) >= 11 is 0. The van der Waals surface area contributed by atoms with Crippen LogP contribution in [0.1, 0.15) is 38.4 Å². The predicted octanol–water partition coefficient (Wildman–Crippen LogP) is 1.03. The minimum Gasteiger partial charge on any atom is -0.378 e. The smallest absolute Gasteiger partial charge is 0.233 e. The first-order chi connectivity index (χ1) is 7.62. The Morgan fingerprint density at radius 3 is 2.94 bits per heavy atom. The summed E-state index contributed by atoms with van der Waals surface area (Å²) in [5.74, 6) is 1.34. The Bertz CT molecular complexity index is 343. The van der Waals surface area contributed by atoms with Crippen LogP contribution in [-0.2, 0) is 16.6 Å². The lowest BCUT2D eigenvalue weighted by molar-refractivity contribution is 0.109. The maximum Gasteiger partial charge on any atom is 0.233 e. The van der Waals surface area contributed by atoms with Crippen molar-refractivity contribution >= 4 is 0 Å². The first kappa shape index (κ1) is 11.5. The van der Waals surface area contributed by atoms with E-state index >= 15 is 0 Å². The number of nitrogens with zero attached hydrogens (tertiary/aromatic N) is 2. The van der Waals surface area contributed by atoms with Crippen molar-refractivity contribution < 1.29 is 9.26 Å². The molecule has 5 heteroatoms. The molecule has 0 aromatic carbocycles. The van der Waals surface area contributed by atoms with Gasteiger partial charge in [-0.1, -0.05) is 5.16 Å². The molecule has 1 aliphatic heterocycles. The molecule has 1 aromatic heterocycles. The molecule has 1 aliphatic rings. The average Bonchev–Trinajstić information content (AvgIpc) is 2.89. The molecule has 0 saturated carbocycles. The van der Waals surface area contributed by atoms with Crippen LogP contribution < -0.4 is 5.73 Å². The Morgan fingerprint density at radius 2 is 2.31 bits per heavy atom. The number of rotatable bonds is 4. The molecule has 1 unspecified atom stereocenters. The van der Waals surface area contributed by atoms with Gasteiger partial charge in [0.25, 0.3) is 0 Å². The summed E-state index contributed by atoms with van der Waals surface area (Å²) in [6, 6.07) is 0. The van der Waals surface area contributed by atoms with Crippen molar-refractivity contribution in [3.05, 3.63) is 11.7 Å². The van der Waals surface area contributed by atoms with Crippen LogP contribution in [0.25, 0.3) is 0 Å². The second-order valence-electron chi connectivity index (χ2n) is 4.94.